The Morgan fingerprint density at radius 1 is 0.889 bits per heavy atom. The van der Waals surface area contributed by atoms with Gasteiger partial charge in [0.1, 0.15) is 5.82 Å². The van der Waals surface area contributed by atoms with Crippen LogP contribution in [0.1, 0.15) is 29.5 Å². The minimum Gasteiger partial charge on any atom is -0.323 e. The molecule has 1 amide bonds. The van der Waals surface area contributed by atoms with E-state index in [2.05, 4.69) is 5.32 Å². The summed E-state index contributed by atoms with van der Waals surface area (Å²) in [6.07, 6.45) is -8.91. The van der Waals surface area contributed by atoms with Gasteiger partial charge < -0.3 is 5.32 Å². The normalized spacial score (nSPS) is 16.1. The lowest BCUT2D eigenvalue weighted by atomic mass is 9.93. The molecule has 0 aliphatic heterocycles. The molecular formula is C18H12F7NO. The van der Waals surface area contributed by atoms with Crippen LogP contribution < -0.4 is 5.32 Å². The highest BCUT2D eigenvalue weighted by Gasteiger charge is 2.52. The summed E-state index contributed by atoms with van der Waals surface area (Å²) in [5.74, 6) is -1.92. The van der Waals surface area contributed by atoms with Crippen molar-refractivity contribution in [2.75, 3.05) is 5.32 Å². The minimum atomic E-state index is -4.73. The van der Waals surface area contributed by atoms with Crippen LogP contribution in [0.4, 0.5) is 36.4 Å². The maximum absolute atomic E-state index is 13.8. The molecule has 0 bridgehead atoms. The highest BCUT2D eigenvalue weighted by atomic mass is 19.4. The number of halogens is 7. The molecule has 0 atom stereocenters. The molecule has 0 heterocycles. The van der Waals surface area contributed by atoms with Gasteiger partial charge in [0.2, 0.25) is 5.91 Å². The van der Waals surface area contributed by atoms with E-state index in [0.29, 0.717) is 18.2 Å². The molecule has 0 saturated heterocycles. The molecule has 0 unspecified atom stereocenters. The van der Waals surface area contributed by atoms with Gasteiger partial charge in [0, 0.05) is 0 Å². The average Bonchev–Trinajstić information content (AvgIpc) is 3.37. The van der Waals surface area contributed by atoms with Crippen LogP contribution in [0, 0.1) is 5.82 Å². The number of amides is 1. The molecule has 2 nitrogen and oxygen atoms in total. The number of carbonyl (C=O) groups is 1. The standard InChI is InChI=1S/C18H12F7NO/c19-13-5-4-12(18(23,24)25)9-14(13)26-15(27)16(6-7-16)10-2-1-3-11(8-10)17(20,21)22/h1-5,8-9H,6-7H2,(H,26,27). The molecular weight excluding hydrogens is 379 g/mol. The van der Waals surface area contributed by atoms with Gasteiger partial charge in [-0.25, -0.2) is 4.39 Å². The Hall–Kier alpha value is -2.58. The SMILES string of the molecule is O=C(Nc1cc(C(F)(F)F)ccc1F)C1(c2cccc(C(F)(F)F)c2)CC1. The van der Waals surface area contributed by atoms with E-state index in [4.69, 9.17) is 0 Å². The lowest BCUT2D eigenvalue weighted by molar-refractivity contribution is -0.138. The van der Waals surface area contributed by atoms with Gasteiger partial charge >= 0.3 is 12.4 Å². The van der Waals surface area contributed by atoms with Crippen molar-refractivity contribution in [1.82, 2.24) is 0 Å². The fourth-order valence-electron chi connectivity index (χ4n) is 2.80. The van der Waals surface area contributed by atoms with Crippen LogP contribution in [-0.4, -0.2) is 5.91 Å². The number of hydrogen-bond donors (Lipinski definition) is 1. The zero-order valence-corrected chi connectivity index (χ0v) is 13.5. The van der Waals surface area contributed by atoms with E-state index in [-0.39, 0.29) is 18.4 Å². The lowest BCUT2D eigenvalue weighted by Crippen LogP contribution is -2.28. The third-order valence-electron chi connectivity index (χ3n) is 4.47. The van der Waals surface area contributed by atoms with Crippen molar-refractivity contribution in [2.45, 2.75) is 30.6 Å². The number of rotatable bonds is 3. The molecule has 2 aromatic rings. The van der Waals surface area contributed by atoms with E-state index in [9.17, 15) is 35.5 Å². The first kappa shape index (κ1) is 19.2. The van der Waals surface area contributed by atoms with E-state index in [1.54, 1.807) is 0 Å². The third-order valence-corrected chi connectivity index (χ3v) is 4.47. The second-order valence-corrected chi connectivity index (χ2v) is 6.31. The molecule has 1 aliphatic rings. The summed E-state index contributed by atoms with van der Waals surface area (Å²) in [7, 11) is 0. The van der Waals surface area contributed by atoms with E-state index < -0.39 is 46.3 Å². The van der Waals surface area contributed by atoms with Gasteiger partial charge in [-0.1, -0.05) is 18.2 Å². The predicted octanol–water partition coefficient (Wildman–Crippen LogP) is 5.53. The summed E-state index contributed by atoms with van der Waals surface area (Å²) < 4.78 is 90.7. The van der Waals surface area contributed by atoms with Crippen molar-refractivity contribution in [3.05, 3.63) is 65.0 Å². The first-order valence-corrected chi connectivity index (χ1v) is 7.79. The van der Waals surface area contributed by atoms with Gasteiger partial charge in [0.05, 0.1) is 22.2 Å². The van der Waals surface area contributed by atoms with Crippen LogP contribution >= 0.6 is 0 Å². The third kappa shape index (κ3) is 3.77. The Morgan fingerprint density at radius 2 is 1.48 bits per heavy atom. The smallest absolute Gasteiger partial charge is 0.323 e. The van der Waals surface area contributed by atoms with Crippen molar-refractivity contribution >= 4 is 11.6 Å². The number of alkyl halides is 6. The Balaban J connectivity index is 1.89. The second kappa shape index (κ2) is 6.24. The highest BCUT2D eigenvalue weighted by molar-refractivity contribution is 6.01. The van der Waals surface area contributed by atoms with Crippen LogP contribution in [0.2, 0.25) is 0 Å². The van der Waals surface area contributed by atoms with E-state index in [1.165, 1.54) is 6.07 Å². The second-order valence-electron chi connectivity index (χ2n) is 6.31. The van der Waals surface area contributed by atoms with Crippen molar-refractivity contribution < 1.29 is 35.5 Å². The number of hydrogen-bond acceptors (Lipinski definition) is 1. The van der Waals surface area contributed by atoms with Crippen LogP contribution in [0.5, 0.6) is 0 Å². The summed E-state index contributed by atoms with van der Waals surface area (Å²) >= 11 is 0. The molecule has 1 fully saturated rings. The van der Waals surface area contributed by atoms with Crippen LogP contribution in [-0.2, 0) is 22.6 Å². The largest absolute Gasteiger partial charge is 0.416 e. The molecule has 3 rings (SSSR count). The van der Waals surface area contributed by atoms with Crippen molar-refractivity contribution in [3.63, 3.8) is 0 Å². The Bertz CT molecular complexity index is 882. The maximum Gasteiger partial charge on any atom is 0.416 e. The molecule has 144 valence electrons. The quantitative estimate of drug-likeness (QED) is 0.685. The average molecular weight is 391 g/mol. The Kier molecular flexibility index (Phi) is 4.44. The maximum atomic E-state index is 13.8. The molecule has 0 radical (unpaired) electrons. The molecule has 0 aromatic heterocycles. The van der Waals surface area contributed by atoms with Crippen molar-refractivity contribution in [3.8, 4) is 0 Å². The molecule has 1 aliphatic carbocycles. The van der Waals surface area contributed by atoms with Gasteiger partial charge in [-0.3, -0.25) is 4.79 Å². The highest BCUT2D eigenvalue weighted by Crippen LogP contribution is 2.50. The predicted molar refractivity (Wildman–Crippen MR) is 82.4 cm³/mol. The lowest BCUT2D eigenvalue weighted by Gasteiger charge is -2.18. The van der Waals surface area contributed by atoms with Crippen molar-refractivity contribution in [1.29, 1.82) is 0 Å². The monoisotopic (exact) mass is 391 g/mol. The number of nitrogens with one attached hydrogen (secondary N) is 1. The zero-order valence-electron chi connectivity index (χ0n) is 13.5. The molecule has 27 heavy (non-hydrogen) atoms. The molecule has 0 spiro atoms. The fraction of sp³-hybridized carbons (Fsp3) is 0.278. The van der Waals surface area contributed by atoms with Gasteiger partial charge in [-0.2, -0.15) is 26.3 Å². The summed E-state index contributed by atoms with van der Waals surface area (Å²) in [5, 5.41) is 2.09. The topological polar surface area (TPSA) is 29.1 Å². The summed E-state index contributed by atoms with van der Waals surface area (Å²) in [4.78, 5) is 12.5. The van der Waals surface area contributed by atoms with E-state index in [0.717, 1.165) is 18.2 Å². The Morgan fingerprint density at radius 3 is 2.04 bits per heavy atom. The molecule has 2 aromatic carbocycles. The zero-order chi connectivity index (χ0) is 20.0. The number of carbonyl (C=O) groups excluding carboxylic acids is 1. The molecule has 1 N–H and O–H groups in total. The summed E-state index contributed by atoms with van der Waals surface area (Å²) in [5.41, 5.74) is -4.00. The van der Waals surface area contributed by atoms with Gasteiger partial charge in [-0.05, 0) is 42.7 Å². The van der Waals surface area contributed by atoms with Gasteiger partial charge in [0.15, 0.2) is 0 Å². The summed E-state index contributed by atoms with van der Waals surface area (Å²) in [6.45, 7) is 0. The van der Waals surface area contributed by atoms with Gasteiger partial charge in [-0.15, -0.1) is 0 Å². The van der Waals surface area contributed by atoms with E-state index in [1.807, 2.05) is 0 Å². The summed E-state index contributed by atoms with van der Waals surface area (Å²) in [6, 6.07) is 5.72. The van der Waals surface area contributed by atoms with Crippen LogP contribution in [0.3, 0.4) is 0 Å². The number of benzene rings is 2. The van der Waals surface area contributed by atoms with Crippen LogP contribution in [0.25, 0.3) is 0 Å². The first-order chi connectivity index (χ1) is 12.4. The number of anilines is 1. The minimum absolute atomic E-state index is 0.0854. The van der Waals surface area contributed by atoms with E-state index >= 15 is 0 Å². The van der Waals surface area contributed by atoms with Gasteiger partial charge in [0.25, 0.3) is 0 Å². The fourth-order valence-corrected chi connectivity index (χ4v) is 2.80. The molecule has 9 heteroatoms. The van der Waals surface area contributed by atoms with Crippen molar-refractivity contribution in [2.24, 2.45) is 0 Å². The van der Waals surface area contributed by atoms with Crippen LogP contribution in [0.15, 0.2) is 42.5 Å². The molecule has 1 saturated carbocycles. The first-order valence-electron chi connectivity index (χ1n) is 7.79. The Labute approximate surface area is 149 Å².